The van der Waals surface area contributed by atoms with Gasteiger partial charge in [0.25, 0.3) is 11.2 Å². The lowest BCUT2D eigenvalue weighted by Crippen LogP contribution is -2.41. The number of carbonyl (C=O) groups excluding carboxylic acids is 1. The number of rotatable bonds is 9. The number of fused-ring (bicyclic) bond motifs is 1. The standard InChI is InChI=1S/C30H20ClF3N4O9S/c1-3-46-28(40)24-25(16-5-7-17(31)8-6-16)36-27(39)23(48-29(36)35-26(24)30(32,33)34)13-15-4-10-21(22(12-15)45-2)47-20-11-9-18(37(41)42)14-19(20)38(43)44/h4-14,25H,3H2,1-2H3/b23-13-/t25-/m1/s1. The summed E-state index contributed by atoms with van der Waals surface area (Å²) in [6.45, 7) is 1.19. The molecule has 0 fully saturated rings. The van der Waals surface area contributed by atoms with Gasteiger partial charge in [0.15, 0.2) is 22.0 Å². The number of halogens is 4. The third-order valence-corrected chi connectivity index (χ3v) is 8.07. The van der Waals surface area contributed by atoms with Crippen LogP contribution in [0.1, 0.15) is 24.1 Å². The summed E-state index contributed by atoms with van der Waals surface area (Å²) in [7, 11) is 1.27. The number of esters is 1. The summed E-state index contributed by atoms with van der Waals surface area (Å²) in [6.07, 6.45) is -3.73. The monoisotopic (exact) mass is 704 g/mol. The molecule has 13 nitrogen and oxygen atoms in total. The van der Waals surface area contributed by atoms with Crippen LogP contribution >= 0.6 is 22.9 Å². The Hall–Kier alpha value is -5.55. The van der Waals surface area contributed by atoms with Crippen molar-refractivity contribution in [2.24, 2.45) is 4.99 Å². The fraction of sp³-hybridized carbons (Fsp3) is 0.167. The Bertz CT molecular complexity index is 2180. The minimum absolute atomic E-state index is 0.0234. The number of nitro benzene ring substituents is 2. The van der Waals surface area contributed by atoms with Gasteiger partial charge >= 0.3 is 17.8 Å². The quantitative estimate of drug-likeness (QED) is 0.122. The second kappa shape index (κ2) is 13.3. The van der Waals surface area contributed by atoms with E-state index in [1.807, 2.05) is 0 Å². The van der Waals surface area contributed by atoms with Gasteiger partial charge in [0.1, 0.15) is 0 Å². The van der Waals surface area contributed by atoms with E-state index in [9.17, 15) is 43.0 Å². The van der Waals surface area contributed by atoms with Crippen molar-refractivity contribution in [2.45, 2.75) is 19.1 Å². The topological polar surface area (TPSA) is 165 Å². The number of hydrogen-bond donors (Lipinski definition) is 0. The Morgan fingerprint density at radius 1 is 1.04 bits per heavy atom. The fourth-order valence-corrected chi connectivity index (χ4v) is 5.90. The highest BCUT2D eigenvalue weighted by atomic mass is 35.5. The van der Waals surface area contributed by atoms with Gasteiger partial charge in [0.2, 0.25) is 5.75 Å². The van der Waals surface area contributed by atoms with Crippen LogP contribution in [0.15, 0.2) is 81.7 Å². The summed E-state index contributed by atoms with van der Waals surface area (Å²) in [5.41, 5.74) is -3.87. The third kappa shape index (κ3) is 6.63. The molecule has 0 bridgehead atoms. The largest absolute Gasteiger partial charge is 0.493 e. The van der Waals surface area contributed by atoms with Crippen molar-refractivity contribution in [3.63, 3.8) is 0 Å². The molecule has 48 heavy (non-hydrogen) atoms. The van der Waals surface area contributed by atoms with E-state index in [0.717, 1.165) is 22.8 Å². The Morgan fingerprint density at radius 3 is 2.33 bits per heavy atom. The molecule has 0 spiro atoms. The van der Waals surface area contributed by atoms with Crippen molar-refractivity contribution in [3.8, 4) is 17.2 Å². The summed E-state index contributed by atoms with van der Waals surface area (Å²) in [6, 6.07) is 11.0. The van der Waals surface area contributed by atoms with Crippen molar-refractivity contribution < 1.29 is 42.0 Å². The third-order valence-electron chi connectivity index (χ3n) is 6.84. The second-order valence-corrected chi connectivity index (χ2v) is 11.2. The van der Waals surface area contributed by atoms with Gasteiger partial charge in [0.05, 0.1) is 45.8 Å². The normalized spacial score (nSPS) is 14.6. The Labute approximate surface area is 275 Å². The molecule has 248 valence electrons. The van der Waals surface area contributed by atoms with E-state index in [1.54, 1.807) is 0 Å². The maximum absolute atomic E-state index is 14.3. The number of methoxy groups -OCH3 is 1. The van der Waals surface area contributed by atoms with Crippen LogP contribution in [0.4, 0.5) is 24.5 Å². The molecule has 1 aromatic heterocycles. The SMILES string of the molecule is CCOC(=O)C1=C(C(F)(F)F)N=c2s/c(=C\c3ccc(Oc4ccc([N+](=O)[O-])cc4[N+](=O)[O-])c(OC)c3)c(=O)n2[C@@H]1c1ccc(Cl)cc1. The van der Waals surface area contributed by atoms with Crippen LogP contribution in [0, 0.1) is 20.2 Å². The predicted molar refractivity (Wildman–Crippen MR) is 165 cm³/mol. The molecule has 2 heterocycles. The minimum atomic E-state index is -5.08. The van der Waals surface area contributed by atoms with E-state index in [-0.39, 0.29) is 43.8 Å². The summed E-state index contributed by atoms with van der Waals surface area (Å²) in [5.74, 6) is -1.60. The van der Waals surface area contributed by atoms with E-state index in [2.05, 4.69) is 4.99 Å². The number of ether oxygens (including phenoxy) is 3. The Morgan fingerprint density at radius 2 is 1.73 bits per heavy atom. The number of benzene rings is 3. The van der Waals surface area contributed by atoms with Crippen molar-refractivity contribution >= 4 is 46.4 Å². The highest BCUT2D eigenvalue weighted by molar-refractivity contribution is 7.07. The van der Waals surface area contributed by atoms with E-state index in [0.29, 0.717) is 16.9 Å². The van der Waals surface area contributed by atoms with Crippen LogP contribution in [0.5, 0.6) is 17.2 Å². The molecule has 0 saturated heterocycles. The highest BCUT2D eigenvalue weighted by Crippen LogP contribution is 2.40. The van der Waals surface area contributed by atoms with E-state index in [4.69, 9.17) is 25.8 Å². The van der Waals surface area contributed by atoms with Crippen LogP contribution in [-0.2, 0) is 9.53 Å². The second-order valence-electron chi connectivity index (χ2n) is 9.79. The van der Waals surface area contributed by atoms with Crippen molar-refractivity contribution in [3.05, 3.63) is 128 Å². The zero-order valence-corrected chi connectivity index (χ0v) is 26.1. The summed E-state index contributed by atoms with van der Waals surface area (Å²) in [5, 5.41) is 22.9. The van der Waals surface area contributed by atoms with Gasteiger partial charge in [-0.1, -0.05) is 41.1 Å². The average Bonchev–Trinajstić information content (AvgIpc) is 3.35. The first-order valence-electron chi connectivity index (χ1n) is 13.6. The van der Waals surface area contributed by atoms with Gasteiger partial charge in [0, 0.05) is 11.1 Å². The summed E-state index contributed by atoms with van der Waals surface area (Å²) in [4.78, 5) is 51.1. The van der Waals surface area contributed by atoms with Crippen LogP contribution < -0.4 is 24.4 Å². The lowest BCUT2D eigenvalue weighted by atomic mass is 9.95. The maximum Gasteiger partial charge on any atom is 0.434 e. The lowest BCUT2D eigenvalue weighted by Gasteiger charge is -2.26. The van der Waals surface area contributed by atoms with E-state index >= 15 is 0 Å². The molecule has 1 aliphatic heterocycles. The number of thiazole rings is 1. The molecule has 18 heteroatoms. The number of hydrogen-bond acceptors (Lipinski definition) is 11. The Kier molecular flexibility index (Phi) is 9.36. The first kappa shape index (κ1) is 33.8. The smallest absolute Gasteiger partial charge is 0.434 e. The van der Waals surface area contributed by atoms with Crippen LogP contribution in [0.25, 0.3) is 6.08 Å². The molecule has 0 amide bonds. The number of alkyl halides is 3. The molecule has 0 saturated carbocycles. The zero-order chi connectivity index (χ0) is 34.9. The van der Waals surface area contributed by atoms with Gasteiger partial charge in [-0.05, 0) is 54.5 Å². The molecule has 4 aromatic rings. The van der Waals surface area contributed by atoms with Crippen molar-refractivity contribution in [1.29, 1.82) is 0 Å². The average molecular weight is 705 g/mol. The molecule has 5 rings (SSSR count). The number of carbonyl (C=O) groups is 1. The minimum Gasteiger partial charge on any atom is -0.493 e. The Balaban J connectivity index is 1.63. The number of non-ortho nitro benzene ring substituents is 1. The van der Waals surface area contributed by atoms with Crippen molar-refractivity contribution in [2.75, 3.05) is 13.7 Å². The van der Waals surface area contributed by atoms with Crippen LogP contribution in [0.3, 0.4) is 0 Å². The van der Waals surface area contributed by atoms with Gasteiger partial charge in [-0.3, -0.25) is 29.6 Å². The van der Waals surface area contributed by atoms with Gasteiger partial charge in [-0.25, -0.2) is 9.79 Å². The molecule has 0 N–H and O–H groups in total. The molecule has 0 aliphatic carbocycles. The fourth-order valence-electron chi connectivity index (χ4n) is 4.78. The molecule has 1 atom stereocenters. The summed E-state index contributed by atoms with van der Waals surface area (Å²) >= 11 is 6.65. The number of nitrogens with zero attached hydrogens (tertiary/aromatic N) is 4. The van der Waals surface area contributed by atoms with Crippen LogP contribution in [-0.4, -0.2) is 40.3 Å². The predicted octanol–water partition coefficient (Wildman–Crippen LogP) is 5.61. The van der Waals surface area contributed by atoms with Gasteiger partial charge < -0.3 is 14.2 Å². The van der Waals surface area contributed by atoms with Crippen molar-refractivity contribution in [1.82, 2.24) is 4.57 Å². The van der Waals surface area contributed by atoms with E-state index < -0.39 is 56.2 Å². The summed E-state index contributed by atoms with van der Waals surface area (Å²) < 4.78 is 59.9. The maximum atomic E-state index is 14.3. The van der Waals surface area contributed by atoms with Gasteiger partial charge in [-0.15, -0.1) is 0 Å². The first-order valence-corrected chi connectivity index (χ1v) is 14.8. The lowest BCUT2D eigenvalue weighted by molar-refractivity contribution is -0.394. The molecule has 1 aliphatic rings. The number of nitro groups is 2. The number of allylic oxidation sites excluding steroid dienone is 1. The first-order chi connectivity index (χ1) is 22.7. The van der Waals surface area contributed by atoms with Crippen LogP contribution in [0.2, 0.25) is 5.02 Å². The molecule has 3 aromatic carbocycles. The molecular weight excluding hydrogens is 685 g/mol. The highest BCUT2D eigenvalue weighted by Gasteiger charge is 2.45. The molecular formula is C30H20ClF3N4O9S. The zero-order valence-electron chi connectivity index (χ0n) is 24.5. The van der Waals surface area contributed by atoms with Gasteiger partial charge in [-0.2, -0.15) is 13.2 Å². The molecule has 0 radical (unpaired) electrons. The molecule has 0 unspecified atom stereocenters. The number of aromatic nitrogens is 1. The van der Waals surface area contributed by atoms with E-state index in [1.165, 1.54) is 62.6 Å².